The fourth-order valence-electron chi connectivity index (χ4n) is 4.21. The molecule has 1 aliphatic heterocycles. The molecule has 9 heteroatoms. The first kappa shape index (κ1) is 21.2. The monoisotopic (exact) mass is 471 g/mol. The van der Waals surface area contributed by atoms with Crippen molar-refractivity contribution in [2.75, 3.05) is 31.1 Å². The Morgan fingerprint density at radius 1 is 1.09 bits per heavy atom. The highest BCUT2D eigenvalue weighted by Gasteiger charge is 2.33. The van der Waals surface area contributed by atoms with Crippen LogP contribution in [0.25, 0.3) is 4.96 Å². The highest BCUT2D eigenvalue weighted by molar-refractivity contribution is 7.17. The minimum absolute atomic E-state index is 0.114. The summed E-state index contributed by atoms with van der Waals surface area (Å²) in [4.78, 5) is 10.6. The summed E-state index contributed by atoms with van der Waals surface area (Å²) in [5.74, 6) is 0.590. The Morgan fingerprint density at radius 2 is 1.81 bits per heavy atom. The van der Waals surface area contributed by atoms with Gasteiger partial charge in [0.15, 0.2) is 5.82 Å². The molecule has 1 saturated heterocycles. The van der Waals surface area contributed by atoms with Crippen LogP contribution in [0.4, 0.5) is 10.1 Å². The number of rotatable bonds is 5. The Hall–Kier alpha value is -2.68. The fraction of sp³-hybridized carbons (Fsp3) is 0.304. The van der Waals surface area contributed by atoms with Crippen LogP contribution >= 0.6 is 22.9 Å². The molecule has 0 amide bonds. The molecule has 2 aromatic carbocycles. The predicted molar refractivity (Wildman–Crippen MR) is 125 cm³/mol. The third kappa shape index (κ3) is 3.83. The number of benzene rings is 2. The van der Waals surface area contributed by atoms with E-state index in [0.717, 1.165) is 42.3 Å². The van der Waals surface area contributed by atoms with Crippen molar-refractivity contribution >= 4 is 33.6 Å². The van der Waals surface area contributed by atoms with Crippen molar-refractivity contribution in [3.63, 3.8) is 0 Å². The molecule has 32 heavy (non-hydrogen) atoms. The molecule has 2 aromatic heterocycles. The zero-order chi connectivity index (χ0) is 22.2. The lowest BCUT2D eigenvalue weighted by Gasteiger charge is -2.40. The number of aromatic hydroxyl groups is 1. The van der Waals surface area contributed by atoms with Crippen molar-refractivity contribution < 1.29 is 9.50 Å². The summed E-state index contributed by atoms with van der Waals surface area (Å²) in [6, 6.07) is 14.2. The van der Waals surface area contributed by atoms with Crippen molar-refractivity contribution in [3.8, 4) is 5.88 Å². The number of piperazine rings is 1. The van der Waals surface area contributed by atoms with Gasteiger partial charge in [0.05, 0.1) is 10.9 Å². The van der Waals surface area contributed by atoms with Gasteiger partial charge in [0.2, 0.25) is 10.8 Å². The van der Waals surface area contributed by atoms with E-state index in [2.05, 4.69) is 19.9 Å². The number of hydrogen-bond acceptors (Lipinski definition) is 6. The maximum atomic E-state index is 13.3. The summed E-state index contributed by atoms with van der Waals surface area (Å²) >= 11 is 8.06. The van der Waals surface area contributed by atoms with Crippen molar-refractivity contribution in [1.29, 1.82) is 0 Å². The van der Waals surface area contributed by atoms with Gasteiger partial charge < -0.3 is 10.0 Å². The summed E-state index contributed by atoms with van der Waals surface area (Å²) < 4.78 is 14.8. The van der Waals surface area contributed by atoms with Gasteiger partial charge in [-0.05, 0) is 35.9 Å². The quantitative estimate of drug-likeness (QED) is 0.454. The second-order valence-electron chi connectivity index (χ2n) is 7.79. The van der Waals surface area contributed by atoms with Crippen LogP contribution in [0.3, 0.4) is 0 Å². The van der Waals surface area contributed by atoms with Crippen molar-refractivity contribution in [2.45, 2.75) is 19.4 Å². The lowest BCUT2D eigenvalue weighted by molar-refractivity contribution is 0.211. The number of aromatic nitrogens is 3. The van der Waals surface area contributed by atoms with Crippen molar-refractivity contribution in [1.82, 2.24) is 19.5 Å². The van der Waals surface area contributed by atoms with Gasteiger partial charge in [-0.2, -0.15) is 4.52 Å². The smallest absolute Gasteiger partial charge is 0.230 e. The average molecular weight is 472 g/mol. The fourth-order valence-corrected chi connectivity index (χ4v) is 5.58. The maximum Gasteiger partial charge on any atom is 0.230 e. The van der Waals surface area contributed by atoms with E-state index < -0.39 is 0 Å². The average Bonchev–Trinajstić information content (AvgIpc) is 3.35. The van der Waals surface area contributed by atoms with Crippen LogP contribution in [0.1, 0.15) is 29.2 Å². The first-order valence-corrected chi connectivity index (χ1v) is 11.8. The van der Waals surface area contributed by atoms with Crippen LogP contribution in [0.2, 0.25) is 5.02 Å². The normalized spacial score (nSPS) is 16.0. The standard InChI is InChI=1S/C23H23ClFN5OS/c1-2-19-26-23-30(27-19)22(31)21(32-23)20(17-5-3-4-6-18(17)24)29-13-11-28(12-14-29)16-9-7-15(25)8-10-16/h3-10,20,31H,2,11-14H2,1H3/t20-/m0/s1. The molecule has 0 spiro atoms. The van der Waals surface area contributed by atoms with Gasteiger partial charge in [0.1, 0.15) is 5.82 Å². The van der Waals surface area contributed by atoms with Gasteiger partial charge in [-0.25, -0.2) is 9.37 Å². The maximum absolute atomic E-state index is 13.3. The van der Waals surface area contributed by atoms with Crippen LogP contribution in [0, 0.1) is 5.82 Å². The molecule has 6 nitrogen and oxygen atoms in total. The number of hydrogen-bond donors (Lipinski definition) is 1. The predicted octanol–water partition coefficient (Wildman–Crippen LogP) is 4.76. The third-order valence-electron chi connectivity index (χ3n) is 5.88. The molecule has 1 aliphatic rings. The molecule has 166 valence electrons. The van der Waals surface area contributed by atoms with E-state index in [-0.39, 0.29) is 17.7 Å². The Kier molecular flexibility index (Phi) is 5.75. The van der Waals surface area contributed by atoms with Crippen molar-refractivity contribution in [3.05, 3.63) is 75.6 Å². The summed E-state index contributed by atoms with van der Waals surface area (Å²) in [5, 5.41) is 16.2. The molecule has 0 saturated carbocycles. The largest absolute Gasteiger partial charge is 0.492 e. The first-order chi connectivity index (χ1) is 15.5. The van der Waals surface area contributed by atoms with E-state index in [1.54, 1.807) is 0 Å². The van der Waals surface area contributed by atoms with E-state index in [0.29, 0.717) is 22.2 Å². The molecule has 0 radical (unpaired) electrons. The zero-order valence-corrected chi connectivity index (χ0v) is 19.2. The number of aryl methyl sites for hydroxylation is 1. The molecular formula is C23H23ClFN5OS. The van der Waals surface area contributed by atoms with Gasteiger partial charge in [0, 0.05) is 43.3 Å². The molecule has 5 rings (SSSR count). The highest BCUT2D eigenvalue weighted by Crippen LogP contribution is 2.42. The zero-order valence-electron chi connectivity index (χ0n) is 17.6. The van der Waals surface area contributed by atoms with Crippen molar-refractivity contribution in [2.24, 2.45) is 0 Å². The second-order valence-corrected chi connectivity index (χ2v) is 9.21. The Balaban J connectivity index is 1.48. The molecule has 1 fully saturated rings. The van der Waals surface area contributed by atoms with Crippen LogP contribution in [0.5, 0.6) is 5.88 Å². The minimum atomic E-state index is -0.232. The summed E-state index contributed by atoms with van der Waals surface area (Å²) in [5.41, 5.74) is 1.95. The van der Waals surface area contributed by atoms with Gasteiger partial charge >= 0.3 is 0 Å². The van der Waals surface area contributed by atoms with E-state index in [4.69, 9.17) is 11.6 Å². The van der Waals surface area contributed by atoms with Crippen LogP contribution in [-0.2, 0) is 6.42 Å². The Labute approximate surface area is 194 Å². The molecular weight excluding hydrogens is 449 g/mol. The molecule has 0 unspecified atom stereocenters. The number of fused-ring (bicyclic) bond motifs is 1. The summed E-state index contributed by atoms with van der Waals surface area (Å²) in [7, 11) is 0. The van der Waals surface area contributed by atoms with Crippen LogP contribution < -0.4 is 4.90 Å². The van der Waals surface area contributed by atoms with E-state index >= 15 is 0 Å². The van der Waals surface area contributed by atoms with Crippen LogP contribution in [0.15, 0.2) is 48.5 Å². The number of anilines is 1. The molecule has 3 heterocycles. The molecule has 0 bridgehead atoms. The molecule has 1 atom stereocenters. The van der Waals surface area contributed by atoms with E-state index in [1.807, 2.05) is 43.3 Å². The highest BCUT2D eigenvalue weighted by atomic mass is 35.5. The summed E-state index contributed by atoms with van der Waals surface area (Å²) in [6.07, 6.45) is 0.711. The van der Waals surface area contributed by atoms with E-state index in [1.165, 1.54) is 28.0 Å². The van der Waals surface area contributed by atoms with Gasteiger partial charge in [-0.1, -0.05) is 48.1 Å². The first-order valence-electron chi connectivity index (χ1n) is 10.6. The van der Waals surface area contributed by atoms with E-state index in [9.17, 15) is 9.50 Å². The third-order valence-corrected chi connectivity index (χ3v) is 7.30. The van der Waals surface area contributed by atoms with Crippen LogP contribution in [-0.4, -0.2) is 50.8 Å². The lowest BCUT2D eigenvalue weighted by atomic mass is 10.0. The minimum Gasteiger partial charge on any atom is -0.492 e. The molecule has 0 aliphatic carbocycles. The molecule has 1 N–H and O–H groups in total. The van der Waals surface area contributed by atoms with Gasteiger partial charge in [0.25, 0.3) is 0 Å². The number of thiazole rings is 1. The van der Waals surface area contributed by atoms with Gasteiger partial charge in [-0.3, -0.25) is 4.90 Å². The number of halogens is 2. The number of nitrogens with zero attached hydrogens (tertiary/aromatic N) is 5. The topological polar surface area (TPSA) is 56.9 Å². The Morgan fingerprint density at radius 3 is 2.47 bits per heavy atom. The Bertz CT molecular complexity index is 1230. The van der Waals surface area contributed by atoms with Gasteiger partial charge in [-0.15, -0.1) is 5.10 Å². The molecule has 4 aromatic rings. The summed E-state index contributed by atoms with van der Waals surface area (Å²) in [6.45, 7) is 5.09. The second kappa shape index (κ2) is 8.69. The SMILES string of the molecule is CCc1nc2sc([C@H](c3ccccc3Cl)N3CCN(c4ccc(F)cc4)CC3)c(O)n2n1. The lowest BCUT2D eigenvalue weighted by Crippen LogP contribution is -2.47.